The molecule has 76 valence electrons. The molecule has 1 unspecified atom stereocenters. The van der Waals surface area contributed by atoms with Gasteiger partial charge in [0.2, 0.25) is 0 Å². The maximum Gasteiger partial charge on any atom is 0.119 e. The predicted octanol–water partition coefficient (Wildman–Crippen LogP) is 2.53. The van der Waals surface area contributed by atoms with E-state index in [-0.39, 0.29) is 6.10 Å². The number of ether oxygens (including phenoxy) is 1. The van der Waals surface area contributed by atoms with Crippen molar-refractivity contribution in [1.29, 1.82) is 0 Å². The molecule has 2 nitrogen and oxygen atoms in total. The van der Waals surface area contributed by atoms with Crippen LogP contribution in [0.2, 0.25) is 0 Å². The van der Waals surface area contributed by atoms with Crippen molar-refractivity contribution in [2.24, 2.45) is 5.92 Å². The van der Waals surface area contributed by atoms with Crippen molar-refractivity contribution < 1.29 is 9.84 Å². The number of rotatable bonds is 3. The molecule has 1 saturated carbocycles. The second kappa shape index (κ2) is 4.01. The maximum absolute atomic E-state index is 10.0. The molecule has 1 aliphatic rings. The number of hydrogen-bond donors (Lipinski definition) is 1. The Morgan fingerprint density at radius 1 is 1.43 bits per heavy atom. The van der Waals surface area contributed by atoms with E-state index in [1.165, 1.54) is 6.42 Å². The highest BCUT2D eigenvalue weighted by atomic mass is 16.5. The van der Waals surface area contributed by atoms with E-state index in [2.05, 4.69) is 0 Å². The molecule has 0 spiro atoms. The van der Waals surface area contributed by atoms with Gasteiger partial charge in [0.05, 0.1) is 13.2 Å². The monoisotopic (exact) mass is 192 g/mol. The third-order valence-corrected chi connectivity index (χ3v) is 3.03. The van der Waals surface area contributed by atoms with Crippen molar-refractivity contribution in [3.05, 3.63) is 29.8 Å². The minimum Gasteiger partial charge on any atom is -0.497 e. The third kappa shape index (κ3) is 1.75. The number of methoxy groups -OCH3 is 1. The fraction of sp³-hybridized carbons (Fsp3) is 0.500. The van der Waals surface area contributed by atoms with Gasteiger partial charge in [0.25, 0.3) is 0 Å². The zero-order valence-corrected chi connectivity index (χ0v) is 8.44. The second-order valence-corrected chi connectivity index (χ2v) is 3.91. The van der Waals surface area contributed by atoms with Crippen LogP contribution in [0.1, 0.15) is 30.9 Å². The van der Waals surface area contributed by atoms with Gasteiger partial charge in [-0.15, -0.1) is 0 Å². The molecule has 14 heavy (non-hydrogen) atoms. The lowest BCUT2D eigenvalue weighted by Crippen LogP contribution is -2.19. The first-order valence-corrected chi connectivity index (χ1v) is 5.13. The third-order valence-electron chi connectivity index (χ3n) is 3.03. The summed E-state index contributed by atoms with van der Waals surface area (Å²) in [4.78, 5) is 0. The highest BCUT2D eigenvalue weighted by Crippen LogP contribution is 2.38. The van der Waals surface area contributed by atoms with Crippen LogP contribution in [0.4, 0.5) is 0 Å². The molecule has 0 saturated heterocycles. The summed E-state index contributed by atoms with van der Waals surface area (Å²) in [6.45, 7) is 0. The summed E-state index contributed by atoms with van der Waals surface area (Å²) in [5, 5.41) is 10.0. The van der Waals surface area contributed by atoms with E-state index in [1.807, 2.05) is 24.3 Å². The highest BCUT2D eigenvalue weighted by molar-refractivity contribution is 5.30. The average Bonchev–Trinajstić information content (AvgIpc) is 2.15. The van der Waals surface area contributed by atoms with E-state index in [4.69, 9.17) is 4.74 Å². The van der Waals surface area contributed by atoms with Gasteiger partial charge in [0.1, 0.15) is 5.75 Å². The van der Waals surface area contributed by atoms with Crippen LogP contribution in [-0.4, -0.2) is 12.2 Å². The smallest absolute Gasteiger partial charge is 0.119 e. The Labute approximate surface area is 84.5 Å². The molecular formula is C12H16O2. The van der Waals surface area contributed by atoms with Crippen molar-refractivity contribution in [2.45, 2.75) is 25.4 Å². The highest BCUT2D eigenvalue weighted by Gasteiger charge is 2.26. The van der Waals surface area contributed by atoms with E-state index in [0.29, 0.717) is 5.92 Å². The van der Waals surface area contributed by atoms with Crippen LogP contribution in [0.15, 0.2) is 24.3 Å². The van der Waals surface area contributed by atoms with E-state index >= 15 is 0 Å². The molecule has 0 heterocycles. The Balaban J connectivity index is 2.13. The van der Waals surface area contributed by atoms with Crippen LogP contribution in [0, 0.1) is 5.92 Å². The predicted molar refractivity (Wildman–Crippen MR) is 55.3 cm³/mol. The molecule has 1 fully saturated rings. The Hall–Kier alpha value is -1.02. The Morgan fingerprint density at radius 2 is 2.21 bits per heavy atom. The lowest BCUT2D eigenvalue weighted by atomic mass is 9.79. The van der Waals surface area contributed by atoms with Crippen molar-refractivity contribution >= 4 is 0 Å². The lowest BCUT2D eigenvalue weighted by Gasteiger charge is -2.30. The molecule has 0 radical (unpaired) electrons. The van der Waals surface area contributed by atoms with Crippen LogP contribution in [-0.2, 0) is 0 Å². The van der Waals surface area contributed by atoms with Crippen LogP contribution in [0.3, 0.4) is 0 Å². The van der Waals surface area contributed by atoms with Gasteiger partial charge in [-0.25, -0.2) is 0 Å². The SMILES string of the molecule is COc1cccc(C(O)C2CCC2)c1. The Kier molecular flexibility index (Phi) is 2.73. The van der Waals surface area contributed by atoms with Gasteiger partial charge in [-0.2, -0.15) is 0 Å². The summed E-state index contributed by atoms with van der Waals surface area (Å²) < 4.78 is 5.13. The van der Waals surface area contributed by atoms with Crippen molar-refractivity contribution in [3.63, 3.8) is 0 Å². The van der Waals surface area contributed by atoms with Gasteiger partial charge >= 0.3 is 0 Å². The van der Waals surface area contributed by atoms with Gasteiger partial charge in [0.15, 0.2) is 0 Å². The first kappa shape index (κ1) is 9.53. The molecule has 1 atom stereocenters. The molecule has 1 aromatic carbocycles. The summed E-state index contributed by atoms with van der Waals surface area (Å²) in [7, 11) is 1.65. The fourth-order valence-electron chi connectivity index (χ4n) is 1.85. The van der Waals surface area contributed by atoms with Gasteiger partial charge < -0.3 is 9.84 Å². The molecule has 1 aromatic rings. The fourth-order valence-corrected chi connectivity index (χ4v) is 1.85. The second-order valence-electron chi connectivity index (χ2n) is 3.91. The summed E-state index contributed by atoms with van der Waals surface area (Å²) in [6, 6.07) is 7.71. The van der Waals surface area contributed by atoms with Gasteiger partial charge in [-0.1, -0.05) is 18.6 Å². The van der Waals surface area contributed by atoms with E-state index in [0.717, 1.165) is 24.2 Å². The average molecular weight is 192 g/mol. The minimum atomic E-state index is -0.307. The Bertz CT molecular complexity index is 305. The molecule has 1 aliphatic carbocycles. The quantitative estimate of drug-likeness (QED) is 0.797. The molecule has 0 bridgehead atoms. The zero-order valence-electron chi connectivity index (χ0n) is 8.44. The largest absolute Gasteiger partial charge is 0.497 e. The molecule has 2 heteroatoms. The summed E-state index contributed by atoms with van der Waals surface area (Å²) in [5.74, 6) is 1.28. The molecule has 1 N–H and O–H groups in total. The maximum atomic E-state index is 10.0. The number of hydrogen-bond acceptors (Lipinski definition) is 2. The van der Waals surface area contributed by atoms with Gasteiger partial charge in [-0.05, 0) is 36.5 Å². The van der Waals surface area contributed by atoms with Crippen LogP contribution in [0.5, 0.6) is 5.75 Å². The van der Waals surface area contributed by atoms with Crippen LogP contribution < -0.4 is 4.74 Å². The topological polar surface area (TPSA) is 29.5 Å². The lowest BCUT2D eigenvalue weighted by molar-refractivity contribution is 0.0619. The number of benzene rings is 1. The summed E-state index contributed by atoms with van der Waals surface area (Å²) in [5.41, 5.74) is 0.981. The number of aliphatic hydroxyl groups is 1. The summed E-state index contributed by atoms with van der Waals surface area (Å²) >= 11 is 0. The summed E-state index contributed by atoms with van der Waals surface area (Å²) in [6.07, 6.45) is 3.25. The van der Waals surface area contributed by atoms with Gasteiger partial charge in [-0.3, -0.25) is 0 Å². The first-order valence-electron chi connectivity index (χ1n) is 5.13. The van der Waals surface area contributed by atoms with Crippen LogP contribution >= 0.6 is 0 Å². The van der Waals surface area contributed by atoms with Gasteiger partial charge in [0, 0.05) is 0 Å². The standard InChI is InChI=1S/C12H16O2/c1-14-11-7-3-6-10(8-11)12(13)9-4-2-5-9/h3,6-9,12-13H,2,4-5H2,1H3. The molecule has 2 rings (SSSR count). The van der Waals surface area contributed by atoms with E-state index in [9.17, 15) is 5.11 Å². The van der Waals surface area contributed by atoms with Crippen molar-refractivity contribution in [1.82, 2.24) is 0 Å². The van der Waals surface area contributed by atoms with E-state index < -0.39 is 0 Å². The normalized spacial score (nSPS) is 18.7. The first-order chi connectivity index (χ1) is 6.81. The molecule has 0 amide bonds. The molecular weight excluding hydrogens is 176 g/mol. The Morgan fingerprint density at radius 3 is 2.79 bits per heavy atom. The number of aliphatic hydroxyl groups excluding tert-OH is 1. The molecule has 0 aliphatic heterocycles. The zero-order chi connectivity index (χ0) is 9.97. The van der Waals surface area contributed by atoms with Crippen molar-refractivity contribution in [2.75, 3.05) is 7.11 Å². The van der Waals surface area contributed by atoms with Crippen LogP contribution in [0.25, 0.3) is 0 Å². The van der Waals surface area contributed by atoms with Crippen molar-refractivity contribution in [3.8, 4) is 5.75 Å². The molecule has 0 aromatic heterocycles. The minimum absolute atomic E-state index is 0.307. The van der Waals surface area contributed by atoms with E-state index in [1.54, 1.807) is 7.11 Å².